The fraction of sp³-hybridized carbons (Fsp3) is 0.556. The number of tetrazole rings is 1. The van der Waals surface area contributed by atoms with Crippen LogP contribution in [0.15, 0.2) is 30.3 Å². The van der Waals surface area contributed by atoms with Crippen LogP contribution in [-0.2, 0) is 11.3 Å². The summed E-state index contributed by atoms with van der Waals surface area (Å²) in [6.45, 7) is 2.41. The molecule has 1 amide bonds. The van der Waals surface area contributed by atoms with Crippen LogP contribution in [0.25, 0.3) is 0 Å². The van der Waals surface area contributed by atoms with E-state index in [0.717, 1.165) is 30.7 Å². The molecular weight excluding hydrogens is 302 g/mol. The van der Waals surface area contributed by atoms with Crippen molar-refractivity contribution in [2.75, 3.05) is 0 Å². The Balaban J connectivity index is 1.63. The van der Waals surface area contributed by atoms with Crippen LogP contribution in [-0.4, -0.2) is 26.1 Å². The first-order valence-electron chi connectivity index (χ1n) is 8.89. The summed E-state index contributed by atoms with van der Waals surface area (Å²) in [5, 5.41) is 15.1. The van der Waals surface area contributed by atoms with Crippen molar-refractivity contribution in [1.29, 1.82) is 0 Å². The number of nitrogens with one attached hydrogen (secondary N) is 1. The Morgan fingerprint density at radius 1 is 1.25 bits per heavy atom. The zero-order valence-electron chi connectivity index (χ0n) is 14.2. The lowest BCUT2D eigenvalue weighted by Crippen LogP contribution is -2.30. The molecule has 1 heterocycles. The van der Waals surface area contributed by atoms with Gasteiger partial charge in [-0.15, -0.1) is 5.10 Å². The summed E-state index contributed by atoms with van der Waals surface area (Å²) in [5.41, 5.74) is 1.05. The molecule has 0 saturated heterocycles. The lowest BCUT2D eigenvalue weighted by Gasteiger charge is -2.22. The van der Waals surface area contributed by atoms with E-state index in [-0.39, 0.29) is 11.8 Å². The molecule has 24 heavy (non-hydrogen) atoms. The number of rotatable bonds is 6. The highest BCUT2D eigenvalue weighted by atomic mass is 16.1. The van der Waals surface area contributed by atoms with Crippen LogP contribution in [0.3, 0.4) is 0 Å². The van der Waals surface area contributed by atoms with Gasteiger partial charge in [-0.05, 0) is 35.3 Å². The molecule has 1 atom stereocenters. The molecule has 2 aromatic rings. The first-order chi connectivity index (χ1) is 11.8. The summed E-state index contributed by atoms with van der Waals surface area (Å²) in [6, 6.07) is 10.3. The second-order valence-corrected chi connectivity index (χ2v) is 6.42. The van der Waals surface area contributed by atoms with Crippen molar-refractivity contribution in [3.8, 4) is 0 Å². The second-order valence-electron chi connectivity index (χ2n) is 6.42. The molecule has 1 fully saturated rings. The number of amides is 1. The van der Waals surface area contributed by atoms with Gasteiger partial charge in [0.2, 0.25) is 5.91 Å². The third-order valence-corrected chi connectivity index (χ3v) is 4.83. The Bertz CT molecular complexity index is 648. The Morgan fingerprint density at radius 3 is 2.71 bits per heavy atom. The van der Waals surface area contributed by atoms with Gasteiger partial charge in [0.05, 0.1) is 18.5 Å². The molecule has 1 aromatic carbocycles. The molecule has 1 saturated carbocycles. The molecule has 3 rings (SSSR count). The van der Waals surface area contributed by atoms with E-state index in [4.69, 9.17) is 0 Å². The SMILES string of the molecule is CC[C@H](C(=O)NCc1nnnn1C1CCCCC1)c1ccccc1. The van der Waals surface area contributed by atoms with Gasteiger partial charge in [-0.1, -0.05) is 56.5 Å². The summed E-state index contributed by atoms with van der Waals surface area (Å²) >= 11 is 0. The second kappa shape index (κ2) is 8.04. The van der Waals surface area contributed by atoms with E-state index in [1.54, 1.807) is 0 Å². The number of hydrogen-bond donors (Lipinski definition) is 1. The van der Waals surface area contributed by atoms with Gasteiger partial charge in [0, 0.05) is 0 Å². The standard InChI is InChI=1S/C18H25N5O/c1-2-16(14-9-5-3-6-10-14)18(24)19-13-17-20-21-22-23(17)15-11-7-4-8-12-15/h3,5-6,9-10,15-16H,2,4,7-8,11-13H2,1H3,(H,19,24)/t16-/m0/s1. The van der Waals surface area contributed by atoms with Crippen LogP contribution in [0.2, 0.25) is 0 Å². The van der Waals surface area contributed by atoms with Crippen LogP contribution in [0.4, 0.5) is 0 Å². The van der Waals surface area contributed by atoms with Crippen molar-refractivity contribution < 1.29 is 4.79 Å². The zero-order chi connectivity index (χ0) is 16.8. The number of nitrogens with zero attached hydrogens (tertiary/aromatic N) is 4. The molecule has 1 aromatic heterocycles. The Labute approximate surface area is 142 Å². The van der Waals surface area contributed by atoms with Gasteiger partial charge in [0.15, 0.2) is 5.82 Å². The Morgan fingerprint density at radius 2 is 2.00 bits per heavy atom. The van der Waals surface area contributed by atoms with Gasteiger partial charge in [-0.3, -0.25) is 4.79 Å². The maximum atomic E-state index is 12.6. The quantitative estimate of drug-likeness (QED) is 0.885. The predicted molar refractivity (Wildman–Crippen MR) is 91.3 cm³/mol. The zero-order valence-corrected chi connectivity index (χ0v) is 14.2. The lowest BCUT2D eigenvalue weighted by atomic mass is 9.95. The summed E-state index contributed by atoms with van der Waals surface area (Å²) in [5.74, 6) is 0.644. The van der Waals surface area contributed by atoms with Gasteiger partial charge < -0.3 is 5.32 Å². The Kier molecular flexibility index (Phi) is 5.56. The normalized spacial score (nSPS) is 16.7. The minimum absolute atomic E-state index is 0.0295. The fourth-order valence-corrected chi connectivity index (χ4v) is 3.49. The molecule has 0 aliphatic heterocycles. The molecule has 128 valence electrons. The number of carbonyl (C=O) groups is 1. The molecule has 0 radical (unpaired) electrons. The van der Waals surface area contributed by atoms with Crippen LogP contribution in [0.1, 0.15) is 68.8 Å². The van der Waals surface area contributed by atoms with Gasteiger partial charge >= 0.3 is 0 Å². The van der Waals surface area contributed by atoms with Crippen molar-refractivity contribution >= 4 is 5.91 Å². The summed E-state index contributed by atoms with van der Waals surface area (Å²) in [6.07, 6.45) is 6.75. The third-order valence-electron chi connectivity index (χ3n) is 4.83. The van der Waals surface area contributed by atoms with E-state index in [9.17, 15) is 4.79 Å². The van der Waals surface area contributed by atoms with Crippen LogP contribution in [0.5, 0.6) is 0 Å². The highest BCUT2D eigenvalue weighted by Gasteiger charge is 2.22. The summed E-state index contributed by atoms with van der Waals surface area (Å²) in [4.78, 5) is 12.6. The topological polar surface area (TPSA) is 72.7 Å². The summed E-state index contributed by atoms with van der Waals surface area (Å²) in [7, 11) is 0. The van der Waals surface area contributed by atoms with Gasteiger partial charge in [0.25, 0.3) is 0 Å². The van der Waals surface area contributed by atoms with Gasteiger partial charge in [0.1, 0.15) is 0 Å². The van der Waals surface area contributed by atoms with Crippen molar-refractivity contribution in [1.82, 2.24) is 25.5 Å². The Hall–Kier alpha value is -2.24. The maximum absolute atomic E-state index is 12.6. The van der Waals surface area contributed by atoms with E-state index in [1.807, 2.05) is 41.9 Å². The fourth-order valence-electron chi connectivity index (χ4n) is 3.49. The predicted octanol–water partition coefficient (Wildman–Crippen LogP) is 2.99. The van der Waals surface area contributed by atoms with Crippen molar-refractivity contribution in [2.45, 2.75) is 64.0 Å². The van der Waals surface area contributed by atoms with Crippen LogP contribution in [0, 0.1) is 0 Å². The molecule has 1 aliphatic carbocycles. The monoisotopic (exact) mass is 327 g/mol. The van der Waals surface area contributed by atoms with E-state index < -0.39 is 0 Å². The first-order valence-corrected chi connectivity index (χ1v) is 8.89. The molecule has 0 spiro atoms. The highest BCUT2D eigenvalue weighted by molar-refractivity contribution is 5.83. The van der Waals surface area contributed by atoms with E-state index in [1.165, 1.54) is 19.3 Å². The van der Waals surface area contributed by atoms with Crippen molar-refractivity contribution in [2.24, 2.45) is 0 Å². The van der Waals surface area contributed by atoms with Crippen molar-refractivity contribution in [3.63, 3.8) is 0 Å². The van der Waals surface area contributed by atoms with Crippen LogP contribution >= 0.6 is 0 Å². The highest BCUT2D eigenvalue weighted by Crippen LogP contribution is 2.27. The average molecular weight is 327 g/mol. The van der Waals surface area contributed by atoms with E-state index >= 15 is 0 Å². The average Bonchev–Trinajstić information content (AvgIpc) is 3.11. The van der Waals surface area contributed by atoms with Gasteiger partial charge in [-0.25, -0.2) is 4.68 Å². The number of aromatic nitrogens is 4. The maximum Gasteiger partial charge on any atom is 0.227 e. The lowest BCUT2D eigenvalue weighted by molar-refractivity contribution is -0.122. The molecule has 1 aliphatic rings. The number of carbonyl (C=O) groups excluding carboxylic acids is 1. The molecular formula is C18H25N5O. The molecule has 0 bridgehead atoms. The smallest absolute Gasteiger partial charge is 0.227 e. The molecule has 0 unspecified atom stereocenters. The molecule has 6 nitrogen and oxygen atoms in total. The van der Waals surface area contributed by atoms with E-state index in [2.05, 4.69) is 20.8 Å². The van der Waals surface area contributed by atoms with Gasteiger partial charge in [-0.2, -0.15) is 0 Å². The van der Waals surface area contributed by atoms with Crippen LogP contribution < -0.4 is 5.32 Å². The van der Waals surface area contributed by atoms with E-state index in [0.29, 0.717) is 12.6 Å². The minimum Gasteiger partial charge on any atom is -0.348 e. The summed E-state index contributed by atoms with van der Waals surface area (Å²) < 4.78 is 1.91. The minimum atomic E-state index is -0.134. The molecule has 1 N–H and O–H groups in total. The van der Waals surface area contributed by atoms with Crippen molar-refractivity contribution in [3.05, 3.63) is 41.7 Å². The third kappa shape index (κ3) is 3.80. The largest absolute Gasteiger partial charge is 0.348 e. The first kappa shape index (κ1) is 16.6. The number of benzene rings is 1. The number of hydrogen-bond acceptors (Lipinski definition) is 4. The molecule has 6 heteroatoms.